The van der Waals surface area contributed by atoms with Gasteiger partial charge in [0.1, 0.15) is 5.60 Å². The second-order valence-corrected chi connectivity index (χ2v) is 5.51. The van der Waals surface area contributed by atoms with Crippen LogP contribution in [0.5, 0.6) is 0 Å². The molecule has 1 unspecified atom stereocenters. The summed E-state index contributed by atoms with van der Waals surface area (Å²) in [7, 11) is 0.972. The lowest BCUT2D eigenvalue weighted by molar-refractivity contribution is -0.263. The smallest absolute Gasteiger partial charge is 0.419 e. The van der Waals surface area contributed by atoms with Gasteiger partial charge in [0.05, 0.1) is 6.54 Å². The number of carbonyl (C=O) groups excluding carboxylic acids is 1. The van der Waals surface area contributed by atoms with Crippen molar-refractivity contribution in [2.45, 2.75) is 44.6 Å². The number of alkyl halides is 3. The van der Waals surface area contributed by atoms with E-state index in [9.17, 15) is 18.0 Å². The Hall–Kier alpha value is -1.24. The molecule has 0 bridgehead atoms. The minimum absolute atomic E-state index is 0.0356. The van der Waals surface area contributed by atoms with E-state index in [4.69, 9.17) is 4.74 Å². The number of carbonyl (C=O) groups is 1. The van der Waals surface area contributed by atoms with Gasteiger partial charge in [0, 0.05) is 19.2 Å². The van der Waals surface area contributed by atoms with Crippen molar-refractivity contribution in [1.82, 2.24) is 4.90 Å². The molecular formula is C12H18F3NO3. The van der Waals surface area contributed by atoms with Gasteiger partial charge in [-0.15, -0.1) is 0 Å². The largest absolute Gasteiger partial charge is 0.443 e. The highest BCUT2D eigenvalue weighted by Gasteiger charge is 2.61. The third-order valence-electron chi connectivity index (χ3n) is 2.81. The van der Waals surface area contributed by atoms with Crippen LogP contribution >= 0.6 is 0 Å². The fourth-order valence-electron chi connectivity index (χ4n) is 1.80. The molecule has 110 valence electrons. The van der Waals surface area contributed by atoms with Gasteiger partial charge in [-0.25, -0.2) is 4.79 Å². The molecule has 1 aliphatic rings. The van der Waals surface area contributed by atoms with E-state index < -0.39 is 36.4 Å². The van der Waals surface area contributed by atoms with Gasteiger partial charge < -0.3 is 9.47 Å². The van der Waals surface area contributed by atoms with Crippen molar-refractivity contribution in [3.63, 3.8) is 0 Å². The van der Waals surface area contributed by atoms with Crippen molar-refractivity contribution in [3.05, 3.63) is 12.3 Å². The van der Waals surface area contributed by atoms with E-state index in [0.29, 0.717) is 0 Å². The average molecular weight is 281 g/mol. The number of hydrogen-bond acceptors (Lipinski definition) is 3. The van der Waals surface area contributed by atoms with Crippen LogP contribution in [-0.4, -0.2) is 42.0 Å². The van der Waals surface area contributed by atoms with E-state index in [1.54, 1.807) is 20.8 Å². The molecule has 0 spiro atoms. The van der Waals surface area contributed by atoms with Gasteiger partial charge in [-0.05, 0) is 20.8 Å². The monoisotopic (exact) mass is 281 g/mol. The number of rotatable bonds is 1. The molecule has 1 saturated heterocycles. The number of halogens is 3. The van der Waals surface area contributed by atoms with Crippen LogP contribution in [-0.2, 0) is 9.47 Å². The van der Waals surface area contributed by atoms with Gasteiger partial charge >= 0.3 is 12.3 Å². The zero-order chi connectivity index (χ0) is 15.1. The van der Waals surface area contributed by atoms with Gasteiger partial charge in [-0.3, -0.25) is 4.90 Å². The third-order valence-corrected chi connectivity index (χ3v) is 2.81. The summed E-state index contributed by atoms with van der Waals surface area (Å²) in [5.74, 6) is 0. The summed E-state index contributed by atoms with van der Waals surface area (Å²) in [5, 5.41) is 0. The molecule has 1 amide bonds. The molecule has 1 atom stereocenters. The first kappa shape index (κ1) is 15.8. The fourth-order valence-corrected chi connectivity index (χ4v) is 1.80. The maximum atomic E-state index is 13.0. The summed E-state index contributed by atoms with van der Waals surface area (Å²) in [6.07, 6.45) is -5.91. The van der Waals surface area contributed by atoms with Gasteiger partial charge in [-0.1, -0.05) is 6.58 Å². The molecule has 0 aliphatic carbocycles. The lowest BCUT2D eigenvalue weighted by Gasteiger charge is -2.30. The quantitative estimate of drug-likeness (QED) is 0.741. The predicted octanol–water partition coefficient (Wildman–Crippen LogP) is 3.09. The molecule has 19 heavy (non-hydrogen) atoms. The predicted molar refractivity (Wildman–Crippen MR) is 62.5 cm³/mol. The zero-order valence-electron chi connectivity index (χ0n) is 11.4. The minimum Gasteiger partial charge on any atom is -0.443 e. The van der Waals surface area contributed by atoms with Crippen LogP contribution in [0.25, 0.3) is 0 Å². The van der Waals surface area contributed by atoms with E-state index in [1.165, 1.54) is 0 Å². The van der Waals surface area contributed by atoms with Crippen LogP contribution in [0.3, 0.4) is 0 Å². The van der Waals surface area contributed by atoms with Crippen LogP contribution < -0.4 is 0 Å². The Bertz CT molecular complexity index is 387. The van der Waals surface area contributed by atoms with Crippen molar-refractivity contribution in [2.24, 2.45) is 0 Å². The standard InChI is InChI=1S/C12H18F3NO3/c1-8-6-11(18-5,12(13,14)15)7-16(8)9(17)19-10(2,3)4/h1,6-7H2,2-5H3. The first-order chi connectivity index (χ1) is 8.42. The van der Waals surface area contributed by atoms with Crippen LogP contribution in [0, 0.1) is 0 Å². The maximum absolute atomic E-state index is 13.0. The maximum Gasteiger partial charge on any atom is 0.419 e. The SMILES string of the molecule is C=C1CC(OC)(C(F)(F)F)CN1C(=O)OC(C)(C)C. The molecule has 1 rings (SSSR count). The second-order valence-electron chi connectivity index (χ2n) is 5.51. The van der Waals surface area contributed by atoms with E-state index in [2.05, 4.69) is 11.3 Å². The van der Waals surface area contributed by atoms with Gasteiger partial charge in [0.25, 0.3) is 0 Å². The van der Waals surface area contributed by atoms with Crippen LogP contribution in [0.1, 0.15) is 27.2 Å². The summed E-state index contributed by atoms with van der Waals surface area (Å²) in [6, 6.07) is 0. The number of nitrogens with zero attached hydrogens (tertiary/aromatic N) is 1. The molecule has 0 radical (unpaired) electrons. The van der Waals surface area contributed by atoms with Gasteiger partial charge in [0.2, 0.25) is 0 Å². The molecule has 7 heteroatoms. The van der Waals surface area contributed by atoms with Crippen molar-refractivity contribution < 1.29 is 27.4 Å². The number of likely N-dealkylation sites (tertiary alicyclic amines) is 1. The average Bonchev–Trinajstić information content (AvgIpc) is 2.53. The lowest BCUT2D eigenvalue weighted by atomic mass is 10.0. The van der Waals surface area contributed by atoms with Crippen LogP contribution in [0.2, 0.25) is 0 Å². The molecular weight excluding hydrogens is 263 g/mol. The molecule has 1 aliphatic heterocycles. The summed E-state index contributed by atoms with van der Waals surface area (Å²) >= 11 is 0. The normalized spacial score (nSPS) is 24.8. The number of methoxy groups -OCH3 is 1. The highest BCUT2D eigenvalue weighted by Crippen LogP contribution is 2.44. The Morgan fingerprint density at radius 3 is 2.21 bits per heavy atom. The third kappa shape index (κ3) is 3.20. The summed E-state index contributed by atoms with van der Waals surface area (Å²) in [5.41, 5.74) is -3.15. The number of amides is 1. The van der Waals surface area contributed by atoms with E-state index in [0.717, 1.165) is 12.0 Å². The van der Waals surface area contributed by atoms with E-state index in [1.807, 2.05) is 0 Å². The lowest BCUT2D eigenvalue weighted by Crippen LogP contribution is -2.50. The minimum atomic E-state index is -4.58. The first-order valence-corrected chi connectivity index (χ1v) is 5.72. The van der Waals surface area contributed by atoms with Crippen molar-refractivity contribution in [3.8, 4) is 0 Å². The molecule has 0 aromatic heterocycles. The molecule has 1 fully saturated rings. The molecule has 0 aromatic rings. The Labute approximate surface area is 110 Å². The molecule has 0 aromatic carbocycles. The highest BCUT2D eigenvalue weighted by atomic mass is 19.4. The second kappa shape index (κ2) is 4.70. The van der Waals surface area contributed by atoms with Gasteiger partial charge in [0.15, 0.2) is 5.60 Å². The topological polar surface area (TPSA) is 38.8 Å². The molecule has 0 saturated carbocycles. The number of ether oxygens (including phenoxy) is 2. The zero-order valence-corrected chi connectivity index (χ0v) is 11.4. The number of hydrogen-bond donors (Lipinski definition) is 0. The summed E-state index contributed by atoms with van der Waals surface area (Å²) in [6.45, 7) is 7.76. The van der Waals surface area contributed by atoms with Crippen LogP contribution in [0.4, 0.5) is 18.0 Å². The first-order valence-electron chi connectivity index (χ1n) is 5.72. The van der Waals surface area contributed by atoms with Crippen molar-refractivity contribution in [1.29, 1.82) is 0 Å². The summed E-state index contributed by atoms with van der Waals surface area (Å²) < 4.78 is 48.7. The van der Waals surface area contributed by atoms with Crippen molar-refractivity contribution >= 4 is 6.09 Å². The van der Waals surface area contributed by atoms with Gasteiger partial charge in [-0.2, -0.15) is 13.2 Å². The van der Waals surface area contributed by atoms with E-state index in [-0.39, 0.29) is 5.70 Å². The van der Waals surface area contributed by atoms with Crippen LogP contribution in [0.15, 0.2) is 12.3 Å². The Morgan fingerprint density at radius 1 is 1.37 bits per heavy atom. The molecule has 1 heterocycles. The Kier molecular flexibility index (Phi) is 3.91. The fraction of sp³-hybridized carbons (Fsp3) is 0.750. The molecule has 4 nitrogen and oxygen atoms in total. The Morgan fingerprint density at radius 2 is 1.89 bits per heavy atom. The summed E-state index contributed by atoms with van der Waals surface area (Å²) in [4.78, 5) is 12.7. The molecule has 0 N–H and O–H groups in total. The Balaban J connectivity index is 2.91. The highest BCUT2D eigenvalue weighted by molar-refractivity contribution is 5.71. The van der Waals surface area contributed by atoms with E-state index >= 15 is 0 Å². The van der Waals surface area contributed by atoms with Crippen molar-refractivity contribution in [2.75, 3.05) is 13.7 Å².